The summed E-state index contributed by atoms with van der Waals surface area (Å²) in [6.45, 7) is 6.24. The van der Waals surface area contributed by atoms with Gasteiger partial charge in [0.1, 0.15) is 0 Å². The zero-order chi connectivity index (χ0) is 20.3. The third kappa shape index (κ3) is 3.17. The van der Waals surface area contributed by atoms with Crippen LogP contribution in [0.5, 0.6) is 0 Å². The summed E-state index contributed by atoms with van der Waals surface area (Å²) in [5.74, 6) is 0.527. The maximum absolute atomic E-state index is 13.5. The molecule has 2 saturated heterocycles. The van der Waals surface area contributed by atoms with Crippen molar-refractivity contribution in [3.63, 3.8) is 0 Å². The highest BCUT2D eigenvalue weighted by Gasteiger charge is 2.60. The number of hydrogen-bond acceptors (Lipinski definition) is 4. The van der Waals surface area contributed by atoms with Crippen LogP contribution in [-0.4, -0.2) is 77.7 Å². The molecule has 8 nitrogen and oxygen atoms in total. The fourth-order valence-electron chi connectivity index (χ4n) is 4.58. The molecule has 0 bridgehead atoms. The number of nitrogens with zero attached hydrogens (tertiary/aromatic N) is 5. The number of aromatic nitrogens is 2. The lowest BCUT2D eigenvalue weighted by atomic mass is 9.75. The molecule has 3 aliphatic rings. The number of carbonyl (C=O) groups is 1. The van der Waals surface area contributed by atoms with Crippen molar-refractivity contribution in [1.82, 2.24) is 23.1 Å². The average Bonchev–Trinajstić information content (AvgIpc) is 3.05. The van der Waals surface area contributed by atoms with Crippen LogP contribution in [0.15, 0.2) is 12.5 Å². The highest BCUT2D eigenvalue weighted by molar-refractivity contribution is 7.86. The Balaban J connectivity index is 1.69. The SMILES string of the molecule is CC(C)n1cnc([C@@H]2CN(S(=O)(=O)N(C)C)C[C@]23CCN(CC2CC2)C3=O)c1. The van der Waals surface area contributed by atoms with E-state index in [-0.39, 0.29) is 24.4 Å². The third-order valence-electron chi connectivity index (χ3n) is 6.59. The minimum Gasteiger partial charge on any atom is -0.342 e. The smallest absolute Gasteiger partial charge is 0.281 e. The molecule has 156 valence electrons. The van der Waals surface area contributed by atoms with Crippen LogP contribution in [0.4, 0.5) is 0 Å². The summed E-state index contributed by atoms with van der Waals surface area (Å²) in [5.41, 5.74) is 0.125. The van der Waals surface area contributed by atoms with E-state index in [1.807, 2.05) is 15.7 Å². The second kappa shape index (κ2) is 6.81. The first kappa shape index (κ1) is 19.8. The second-order valence-electron chi connectivity index (χ2n) is 9.08. The fourth-order valence-corrected chi connectivity index (χ4v) is 5.77. The zero-order valence-electron chi connectivity index (χ0n) is 17.2. The molecule has 0 aromatic carbocycles. The van der Waals surface area contributed by atoms with E-state index in [2.05, 4.69) is 18.8 Å². The van der Waals surface area contributed by atoms with Gasteiger partial charge in [-0.1, -0.05) is 0 Å². The largest absolute Gasteiger partial charge is 0.342 e. The molecule has 3 heterocycles. The topological polar surface area (TPSA) is 78.8 Å². The maximum atomic E-state index is 13.5. The molecule has 0 radical (unpaired) electrons. The van der Waals surface area contributed by atoms with Crippen LogP contribution in [0.1, 0.15) is 50.8 Å². The lowest BCUT2D eigenvalue weighted by Crippen LogP contribution is -2.43. The van der Waals surface area contributed by atoms with Gasteiger partial charge in [0.2, 0.25) is 5.91 Å². The van der Waals surface area contributed by atoms with Crippen molar-refractivity contribution in [1.29, 1.82) is 0 Å². The Morgan fingerprint density at radius 1 is 1.32 bits per heavy atom. The molecule has 1 saturated carbocycles. The number of hydrogen-bond donors (Lipinski definition) is 0. The molecule has 0 N–H and O–H groups in total. The quantitative estimate of drug-likeness (QED) is 0.709. The van der Waals surface area contributed by atoms with Crippen LogP contribution < -0.4 is 0 Å². The van der Waals surface area contributed by atoms with Gasteiger partial charge in [-0.25, -0.2) is 4.98 Å². The molecule has 1 aliphatic carbocycles. The number of imidazole rings is 1. The van der Waals surface area contributed by atoms with Gasteiger partial charge in [-0.05, 0) is 39.0 Å². The Morgan fingerprint density at radius 3 is 2.61 bits per heavy atom. The number of carbonyl (C=O) groups excluding carboxylic acids is 1. The van der Waals surface area contributed by atoms with E-state index >= 15 is 0 Å². The molecule has 28 heavy (non-hydrogen) atoms. The predicted octanol–water partition coefficient (Wildman–Crippen LogP) is 1.30. The molecular formula is C19H31N5O3S. The first-order valence-corrected chi connectivity index (χ1v) is 11.5. The monoisotopic (exact) mass is 409 g/mol. The first-order valence-electron chi connectivity index (χ1n) is 10.2. The first-order chi connectivity index (χ1) is 13.1. The highest BCUT2D eigenvalue weighted by atomic mass is 32.2. The minimum atomic E-state index is -3.58. The van der Waals surface area contributed by atoms with Gasteiger partial charge in [0.25, 0.3) is 10.2 Å². The van der Waals surface area contributed by atoms with Crippen LogP contribution >= 0.6 is 0 Å². The molecule has 1 amide bonds. The van der Waals surface area contributed by atoms with E-state index in [1.54, 1.807) is 20.4 Å². The Kier molecular flexibility index (Phi) is 4.83. The summed E-state index contributed by atoms with van der Waals surface area (Å²) < 4.78 is 30.4. The highest BCUT2D eigenvalue weighted by Crippen LogP contribution is 2.51. The summed E-state index contributed by atoms with van der Waals surface area (Å²) in [7, 11) is -0.500. The Labute approximate surface area is 167 Å². The van der Waals surface area contributed by atoms with Crippen LogP contribution in [0.3, 0.4) is 0 Å². The van der Waals surface area contributed by atoms with E-state index in [4.69, 9.17) is 0 Å². The van der Waals surface area contributed by atoms with Crippen molar-refractivity contribution < 1.29 is 13.2 Å². The second-order valence-corrected chi connectivity index (χ2v) is 11.2. The fraction of sp³-hybridized carbons (Fsp3) is 0.789. The van der Waals surface area contributed by atoms with E-state index in [1.165, 1.54) is 21.5 Å². The van der Waals surface area contributed by atoms with Gasteiger partial charge in [0.15, 0.2) is 0 Å². The molecule has 1 spiro atoms. The number of likely N-dealkylation sites (tertiary alicyclic amines) is 1. The van der Waals surface area contributed by atoms with Crippen LogP contribution in [-0.2, 0) is 15.0 Å². The van der Waals surface area contributed by atoms with Crippen molar-refractivity contribution >= 4 is 16.1 Å². The van der Waals surface area contributed by atoms with Crippen molar-refractivity contribution in [2.45, 2.75) is 45.1 Å². The lowest BCUT2D eigenvalue weighted by molar-refractivity contribution is -0.136. The molecule has 3 fully saturated rings. The Morgan fingerprint density at radius 2 is 2.04 bits per heavy atom. The summed E-state index contributed by atoms with van der Waals surface area (Å²) in [5, 5.41) is 0. The number of amides is 1. The third-order valence-corrected chi connectivity index (χ3v) is 8.44. The predicted molar refractivity (Wildman–Crippen MR) is 106 cm³/mol. The molecule has 2 aliphatic heterocycles. The van der Waals surface area contributed by atoms with Gasteiger partial charge < -0.3 is 9.47 Å². The molecular weight excluding hydrogens is 378 g/mol. The average molecular weight is 410 g/mol. The van der Waals surface area contributed by atoms with Gasteiger partial charge in [0, 0.05) is 58.4 Å². The Bertz CT molecular complexity index is 861. The van der Waals surface area contributed by atoms with Crippen LogP contribution in [0, 0.1) is 11.3 Å². The Hall–Kier alpha value is -1.45. The minimum absolute atomic E-state index is 0.111. The normalized spacial score (nSPS) is 29.1. The van der Waals surface area contributed by atoms with Gasteiger partial charge in [-0.15, -0.1) is 0 Å². The van der Waals surface area contributed by atoms with Gasteiger partial charge in [0.05, 0.1) is 17.4 Å². The summed E-state index contributed by atoms with van der Waals surface area (Å²) in [6, 6.07) is 0.269. The number of rotatable bonds is 6. The molecule has 9 heteroatoms. The zero-order valence-corrected chi connectivity index (χ0v) is 18.0. The summed E-state index contributed by atoms with van der Waals surface area (Å²) in [4.78, 5) is 20.1. The van der Waals surface area contributed by atoms with E-state index in [9.17, 15) is 13.2 Å². The van der Waals surface area contributed by atoms with Crippen molar-refractivity contribution in [2.24, 2.45) is 11.3 Å². The summed E-state index contributed by atoms with van der Waals surface area (Å²) in [6.07, 6.45) is 6.86. The van der Waals surface area contributed by atoms with Gasteiger partial charge >= 0.3 is 0 Å². The molecule has 4 rings (SSSR count). The van der Waals surface area contributed by atoms with Gasteiger partial charge in [-0.3, -0.25) is 4.79 Å². The molecule has 1 aromatic heterocycles. The van der Waals surface area contributed by atoms with Crippen LogP contribution in [0.25, 0.3) is 0 Å². The lowest BCUT2D eigenvalue weighted by Gasteiger charge is -2.28. The standard InChI is InChI=1S/C19H31N5O3S/c1-14(2)23-11-17(20-13-23)16-10-24(28(26,27)21(3)4)12-19(16)7-8-22(18(19)25)9-15-5-6-15/h11,13-16H,5-10,12H2,1-4H3/t16-,19+/m0/s1. The summed E-state index contributed by atoms with van der Waals surface area (Å²) >= 11 is 0. The van der Waals surface area contributed by atoms with Crippen molar-refractivity contribution in [3.05, 3.63) is 18.2 Å². The van der Waals surface area contributed by atoms with Crippen molar-refractivity contribution in [3.8, 4) is 0 Å². The van der Waals surface area contributed by atoms with Gasteiger partial charge in [-0.2, -0.15) is 17.0 Å². The maximum Gasteiger partial charge on any atom is 0.281 e. The van der Waals surface area contributed by atoms with Crippen molar-refractivity contribution in [2.75, 3.05) is 40.3 Å². The molecule has 2 atom stereocenters. The molecule has 1 aromatic rings. The van der Waals surface area contributed by atoms with E-state index in [0.29, 0.717) is 25.4 Å². The van der Waals surface area contributed by atoms with E-state index in [0.717, 1.165) is 12.2 Å². The molecule has 0 unspecified atom stereocenters. The van der Waals surface area contributed by atoms with Crippen LogP contribution in [0.2, 0.25) is 0 Å². The van der Waals surface area contributed by atoms with E-state index < -0.39 is 15.6 Å².